The topological polar surface area (TPSA) is 23.6 Å². The molecular formula is C16H22N2O. The second-order valence-corrected chi connectivity index (χ2v) is 5.99. The van der Waals surface area contributed by atoms with E-state index in [1.54, 1.807) is 0 Å². The van der Waals surface area contributed by atoms with Gasteiger partial charge in [0, 0.05) is 38.3 Å². The van der Waals surface area contributed by atoms with Crippen LogP contribution < -0.4 is 0 Å². The maximum Gasteiger partial charge on any atom is 0.181 e. The van der Waals surface area contributed by atoms with Crippen LogP contribution in [0.3, 0.4) is 0 Å². The van der Waals surface area contributed by atoms with Gasteiger partial charge in [-0.1, -0.05) is 38.1 Å². The Labute approximate surface area is 115 Å². The van der Waals surface area contributed by atoms with Crippen molar-refractivity contribution in [3.05, 3.63) is 35.4 Å². The lowest BCUT2D eigenvalue weighted by Gasteiger charge is -2.46. The van der Waals surface area contributed by atoms with Gasteiger partial charge in [0.2, 0.25) is 0 Å². The Morgan fingerprint density at radius 1 is 1.11 bits per heavy atom. The zero-order chi connectivity index (χ0) is 13.4. The van der Waals surface area contributed by atoms with Gasteiger partial charge in [-0.15, -0.1) is 0 Å². The number of nitrogens with zero attached hydrogens (tertiary/aromatic N) is 2. The number of carbonyl (C=O) groups is 1. The quantitative estimate of drug-likeness (QED) is 0.775. The third-order valence-electron chi connectivity index (χ3n) is 4.44. The van der Waals surface area contributed by atoms with Crippen molar-refractivity contribution in [3.63, 3.8) is 0 Å². The van der Waals surface area contributed by atoms with Crippen molar-refractivity contribution in [1.29, 1.82) is 0 Å². The van der Waals surface area contributed by atoms with E-state index < -0.39 is 0 Å². The van der Waals surface area contributed by atoms with E-state index >= 15 is 0 Å². The van der Waals surface area contributed by atoms with E-state index in [1.165, 1.54) is 5.56 Å². The van der Waals surface area contributed by atoms with E-state index in [1.807, 2.05) is 12.1 Å². The Kier molecular flexibility index (Phi) is 3.42. The molecule has 0 radical (unpaired) electrons. The molecule has 0 spiro atoms. The number of fused-ring (bicyclic) bond motifs is 3. The molecule has 0 aromatic heterocycles. The van der Waals surface area contributed by atoms with E-state index in [-0.39, 0.29) is 6.04 Å². The normalized spacial score (nSPS) is 29.7. The van der Waals surface area contributed by atoms with Gasteiger partial charge in [0.15, 0.2) is 5.78 Å². The van der Waals surface area contributed by atoms with Gasteiger partial charge in [-0.25, -0.2) is 0 Å². The predicted octanol–water partition coefficient (Wildman–Crippen LogP) is 1.99. The minimum Gasteiger partial charge on any atom is -0.299 e. The monoisotopic (exact) mass is 258 g/mol. The van der Waals surface area contributed by atoms with Crippen LogP contribution in [-0.4, -0.2) is 54.3 Å². The molecule has 1 aromatic carbocycles. The third-order valence-corrected chi connectivity index (χ3v) is 4.44. The van der Waals surface area contributed by atoms with Crippen LogP contribution in [0.25, 0.3) is 0 Å². The average molecular weight is 258 g/mol. The molecule has 19 heavy (non-hydrogen) atoms. The molecule has 2 bridgehead atoms. The Bertz CT molecular complexity index is 458. The average Bonchev–Trinajstić information content (AvgIpc) is 2.47. The van der Waals surface area contributed by atoms with Gasteiger partial charge in [0.05, 0.1) is 6.04 Å². The summed E-state index contributed by atoms with van der Waals surface area (Å²) in [5.41, 5.74) is 2.16. The SMILES string of the molecule is CC(C)c1ccc(C(=O)C2CN3CCN2CC3)cc1. The second-order valence-electron chi connectivity index (χ2n) is 5.99. The minimum atomic E-state index is 0.0763. The zero-order valence-corrected chi connectivity index (χ0v) is 11.8. The maximum absolute atomic E-state index is 12.6. The molecule has 3 heteroatoms. The van der Waals surface area contributed by atoms with Crippen LogP contribution in [0.5, 0.6) is 0 Å². The Hall–Kier alpha value is -1.19. The minimum absolute atomic E-state index is 0.0763. The highest BCUT2D eigenvalue weighted by atomic mass is 16.1. The van der Waals surface area contributed by atoms with E-state index in [4.69, 9.17) is 0 Å². The summed E-state index contributed by atoms with van der Waals surface area (Å²) in [5.74, 6) is 0.810. The summed E-state index contributed by atoms with van der Waals surface area (Å²) in [7, 11) is 0. The maximum atomic E-state index is 12.6. The van der Waals surface area contributed by atoms with E-state index in [9.17, 15) is 4.79 Å². The Morgan fingerprint density at radius 3 is 2.21 bits per heavy atom. The summed E-state index contributed by atoms with van der Waals surface area (Å²) < 4.78 is 0. The van der Waals surface area contributed by atoms with Gasteiger partial charge >= 0.3 is 0 Å². The predicted molar refractivity (Wildman–Crippen MR) is 76.7 cm³/mol. The van der Waals surface area contributed by atoms with Crippen LogP contribution in [0.4, 0.5) is 0 Å². The molecule has 0 aliphatic carbocycles. The number of benzene rings is 1. The fourth-order valence-electron chi connectivity index (χ4n) is 3.09. The Balaban J connectivity index is 1.76. The van der Waals surface area contributed by atoms with Gasteiger partial charge in [-0.2, -0.15) is 0 Å². The molecule has 3 nitrogen and oxygen atoms in total. The van der Waals surface area contributed by atoms with Crippen molar-refractivity contribution in [2.75, 3.05) is 32.7 Å². The number of hydrogen-bond acceptors (Lipinski definition) is 3. The van der Waals surface area contributed by atoms with E-state index in [2.05, 4.69) is 35.8 Å². The lowest BCUT2D eigenvalue weighted by Crippen LogP contribution is -2.63. The molecule has 3 aliphatic rings. The van der Waals surface area contributed by atoms with Crippen LogP contribution in [0.1, 0.15) is 35.7 Å². The first-order valence-electron chi connectivity index (χ1n) is 7.26. The van der Waals surface area contributed by atoms with Gasteiger partial charge in [-0.05, 0) is 11.5 Å². The zero-order valence-electron chi connectivity index (χ0n) is 11.8. The molecule has 0 amide bonds. The lowest BCUT2D eigenvalue weighted by atomic mass is 9.95. The molecule has 0 saturated carbocycles. The number of Topliss-reactive ketones (excluding diaryl/α,β-unsaturated/α-hetero) is 1. The van der Waals surface area contributed by atoms with Crippen molar-refractivity contribution in [2.24, 2.45) is 0 Å². The molecule has 1 atom stereocenters. The second kappa shape index (κ2) is 5.06. The van der Waals surface area contributed by atoms with Crippen molar-refractivity contribution in [2.45, 2.75) is 25.8 Å². The fraction of sp³-hybridized carbons (Fsp3) is 0.562. The molecule has 4 rings (SSSR count). The summed E-state index contributed by atoms with van der Waals surface area (Å²) in [5, 5.41) is 0. The first kappa shape index (κ1) is 12.8. The third kappa shape index (κ3) is 2.45. The largest absolute Gasteiger partial charge is 0.299 e. The molecule has 102 valence electrons. The smallest absolute Gasteiger partial charge is 0.181 e. The Morgan fingerprint density at radius 2 is 1.74 bits per heavy atom. The molecule has 3 fully saturated rings. The summed E-state index contributed by atoms with van der Waals surface area (Å²) in [6.45, 7) is 9.59. The summed E-state index contributed by atoms with van der Waals surface area (Å²) >= 11 is 0. The van der Waals surface area contributed by atoms with Gasteiger partial charge in [-0.3, -0.25) is 14.6 Å². The van der Waals surface area contributed by atoms with Crippen molar-refractivity contribution < 1.29 is 4.79 Å². The molecule has 3 saturated heterocycles. The van der Waals surface area contributed by atoms with Gasteiger partial charge in [0.1, 0.15) is 0 Å². The van der Waals surface area contributed by atoms with Crippen molar-refractivity contribution in [1.82, 2.24) is 9.80 Å². The van der Waals surface area contributed by atoms with Gasteiger partial charge < -0.3 is 0 Å². The number of rotatable bonds is 3. The van der Waals surface area contributed by atoms with Crippen LogP contribution >= 0.6 is 0 Å². The van der Waals surface area contributed by atoms with Crippen LogP contribution in [-0.2, 0) is 0 Å². The number of ketones is 1. The molecule has 3 heterocycles. The van der Waals surface area contributed by atoms with Gasteiger partial charge in [0.25, 0.3) is 0 Å². The summed E-state index contributed by atoms with van der Waals surface area (Å²) in [4.78, 5) is 17.4. The standard InChI is InChI=1S/C16H22N2O/c1-12(2)13-3-5-14(6-4-13)16(19)15-11-17-7-9-18(15)10-8-17/h3-6,12,15H,7-11H2,1-2H3. The van der Waals surface area contributed by atoms with E-state index in [0.29, 0.717) is 11.7 Å². The summed E-state index contributed by atoms with van der Waals surface area (Å²) in [6.07, 6.45) is 0. The molecule has 3 aliphatic heterocycles. The number of hydrogen-bond donors (Lipinski definition) is 0. The number of carbonyl (C=O) groups excluding carboxylic acids is 1. The molecule has 0 N–H and O–H groups in total. The first-order chi connectivity index (χ1) is 9.15. The van der Waals surface area contributed by atoms with Crippen LogP contribution in [0.2, 0.25) is 0 Å². The van der Waals surface area contributed by atoms with Crippen LogP contribution in [0.15, 0.2) is 24.3 Å². The molecule has 1 aromatic rings. The lowest BCUT2D eigenvalue weighted by molar-refractivity contribution is 0.0159. The summed E-state index contributed by atoms with van der Waals surface area (Å²) in [6, 6.07) is 8.25. The highest BCUT2D eigenvalue weighted by molar-refractivity contribution is 6.00. The molecular weight excluding hydrogens is 236 g/mol. The van der Waals surface area contributed by atoms with Crippen molar-refractivity contribution >= 4 is 5.78 Å². The number of piperazine rings is 3. The fourth-order valence-corrected chi connectivity index (χ4v) is 3.09. The van der Waals surface area contributed by atoms with E-state index in [0.717, 1.165) is 38.3 Å². The van der Waals surface area contributed by atoms with Crippen molar-refractivity contribution in [3.8, 4) is 0 Å². The molecule has 1 unspecified atom stereocenters. The highest BCUT2D eigenvalue weighted by Gasteiger charge is 2.36. The van der Waals surface area contributed by atoms with Crippen LogP contribution in [0, 0.1) is 0 Å². The highest BCUT2D eigenvalue weighted by Crippen LogP contribution is 2.21. The first-order valence-corrected chi connectivity index (χ1v) is 7.26.